The van der Waals surface area contributed by atoms with Gasteiger partial charge in [-0.3, -0.25) is 0 Å². The summed E-state index contributed by atoms with van der Waals surface area (Å²) in [5.41, 5.74) is 1.07. The van der Waals surface area contributed by atoms with Crippen molar-refractivity contribution in [1.29, 1.82) is 0 Å². The Balaban J connectivity index is 1.94. The van der Waals surface area contributed by atoms with Crippen LogP contribution in [0.5, 0.6) is 5.75 Å². The topological polar surface area (TPSA) is 38.7 Å². The number of ether oxygens (including phenoxy) is 2. The predicted molar refractivity (Wildman–Crippen MR) is 63.8 cm³/mol. The average Bonchev–Trinajstić information content (AvgIpc) is 2.77. The standard InChI is InChI=1S/C14H18O3/c15-10-7-13-11-5-1-2-6-12(11)16-14(17-13)8-3-4-9-14/h1-2,5-6,13,15H,3-4,7-10H2. The van der Waals surface area contributed by atoms with E-state index in [1.165, 1.54) is 0 Å². The first-order chi connectivity index (χ1) is 8.33. The van der Waals surface area contributed by atoms with Crippen LogP contribution in [0, 0.1) is 0 Å². The zero-order valence-electron chi connectivity index (χ0n) is 9.89. The summed E-state index contributed by atoms with van der Waals surface area (Å²) in [5, 5.41) is 9.15. The summed E-state index contributed by atoms with van der Waals surface area (Å²) >= 11 is 0. The zero-order chi connectivity index (χ0) is 11.7. The van der Waals surface area contributed by atoms with Gasteiger partial charge < -0.3 is 14.6 Å². The van der Waals surface area contributed by atoms with Gasteiger partial charge in [0.1, 0.15) is 5.75 Å². The number of hydrogen-bond donors (Lipinski definition) is 1. The Morgan fingerprint density at radius 1 is 1.24 bits per heavy atom. The number of aliphatic hydroxyl groups excluding tert-OH is 1. The number of aliphatic hydroxyl groups is 1. The first-order valence-corrected chi connectivity index (χ1v) is 6.40. The highest BCUT2D eigenvalue weighted by Gasteiger charge is 2.43. The Bertz CT molecular complexity index is 396. The van der Waals surface area contributed by atoms with Crippen molar-refractivity contribution < 1.29 is 14.6 Å². The van der Waals surface area contributed by atoms with Gasteiger partial charge in [-0.2, -0.15) is 0 Å². The van der Waals surface area contributed by atoms with Crippen LogP contribution in [0.25, 0.3) is 0 Å². The van der Waals surface area contributed by atoms with Gasteiger partial charge >= 0.3 is 0 Å². The molecule has 3 rings (SSSR count). The Kier molecular flexibility index (Phi) is 2.81. The van der Waals surface area contributed by atoms with Crippen molar-refractivity contribution in [3.63, 3.8) is 0 Å². The Morgan fingerprint density at radius 2 is 2.00 bits per heavy atom. The summed E-state index contributed by atoms with van der Waals surface area (Å²) in [7, 11) is 0. The molecule has 1 aromatic rings. The van der Waals surface area contributed by atoms with Crippen LogP contribution in [0.3, 0.4) is 0 Å². The maximum atomic E-state index is 9.15. The van der Waals surface area contributed by atoms with Gasteiger partial charge in [0.25, 0.3) is 0 Å². The highest BCUT2D eigenvalue weighted by atomic mass is 16.7. The van der Waals surface area contributed by atoms with Crippen molar-refractivity contribution in [3.8, 4) is 5.75 Å². The maximum absolute atomic E-state index is 9.15. The molecule has 3 nitrogen and oxygen atoms in total. The van der Waals surface area contributed by atoms with Crippen molar-refractivity contribution in [3.05, 3.63) is 29.8 Å². The van der Waals surface area contributed by atoms with Gasteiger partial charge in [0.05, 0.1) is 6.10 Å². The van der Waals surface area contributed by atoms with Gasteiger partial charge in [-0.05, 0) is 18.9 Å². The molecular formula is C14H18O3. The van der Waals surface area contributed by atoms with E-state index in [0.29, 0.717) is 6.42 Å². The van der Waals surface area contributed by atoms with Crippen LogP contribution in [0.2, 0.25) is 0 Å². The third kappa shape index (κ3) is 1.94. The molecule has 1 aliphatic heterocycles. The molecule has 0 amide bonds. The van der Waals surface area contributed by atoms with Gasteiger partial charge in [0.15, 0.2) is 0 Å². The summed E-state index contributed by atoms with van der Waals surface area (Å²) in [5.74, 6) is 0.507. The minimum absolute atomic E-state index is 0.0250. The van der Waals surface area contributed by atoms with Crippen molar-refractivity contribution in [2.45, 2.75) is 44.0 Å². The zero-order valence-corrected chi connectivity index (χ0v) is 9.89. The van der Waals surface area contributed by atoms with E-state index in [2.05, 4.69) is 0 Å². The monoisotopic (exact) mass is 234 g/mol. The lowest BCUT2D eigenvalue weighted by molar-refractivity contribution is -0.228. The average molecular weight is 234 g/mol. The molecule has 0 radical (unpaired) electrons. The van der Waals surface area contributed by atoms with Gasteiger partial charge in [0.2, 0.25) is 5.79 Å². The van der Waals surface area contributed by atoms with Crippen LogP contribution in [0.4, 0.5) is 0 Å². The van der Waals surface area contributed by atoms with Crippen LogP contribution >= 0.6 is 0 Å². The largest absolute Gasteiger partial charge is 0.462 e. The fourth-order valence-electron chi connectivity index (χ4n) is 2.85. The van der Waals surface area contributed by atoms with E-state index in [9.17, 15) is 0 Å². The van der Waals surface area contributed by atoms with Crippen LogP contribution in [-0.4, -0.2) is 17.5 Å². The third-order valence-corrected chi connectivity index (χ3v) is 3.68. The van der Waals surface area contributed by atoms with Crippen LogP contribution in [-0.2, 0) is 4.74 Å². The van der Waals surface area contributed by atoms with E-state index in [-0.39, 0.29) is 12.7 Å². The number of para-hydroxylation sites is 1. The summed E-state index contributed by atoms with van der Waals surface area (Å²) < 4.78 is 12.2. The molecule has 1 unspecified atom stereocenters. The first kappa shape index (κ1) is 11.1. The summed E-state index contributed by atoms with van der Waals surface area (Å²) in [6.45, 7) is 0.148. The van der Waals surface area contributed by atoms with E-state index in [1.54, 1.807) is 0 Å². The van der Waals surface area contributed by atoms with Crippen LogP contribution < -0.4 is 4.74 Å². The smallest absolute Gasteiger partial charge is 0.211 e. The predicted octanol–water partition coefficient (Wildman–Crippen LogP) is 2.79. The molecule has 1 aromatic carbocycles. The van der Waals surface area contributed by atoms with Gasteiger partial charge in [-0.25, -0.2) is 0 Å². The quantitative estimate of drug-likeness (QED) is 0.855. The minimum Gasteiger partial charge on any atom is -0.462 e. The second kappa shape index (κ2) is 4.31. The molecular weight excluding hydrogens is 216 g/mol. The molecule has 1 spiro atoms. The van der Waals surface area contributed by atoms with Crippen molar-refractivity contribution in [1.82, 2.24) is 0 Å². The molecule has 1 atom stereocenters. The second-order valence-corrected chi connectivity index (χ2v) is 4.88. The lowest BCUT2D eigenvalue weighted by Crippen LogP contribution is -2.41. The highest BCUT2D eigenvalue weighted by molar-refractivity contribution is 5.37. The molecule has 1 fully saturated rings. The Morgan fingerprint density at radius 3 is 2.76 bits per heavy atom. The summed E-state index contributed by atoms with van der Waals surface area (Å²) in [4.78, 5) is 0. The van der Waals surface area contributed by atoms with Gasteiger partial charge in [0, 0.05) is 31.4 Å². The number of rotatable bonds is 2. The first-order valence-electron chi connectivity index (χ1n) is 6.40. The third-order valence-electron chi connectivity index (χ3n) is 3.68. The Labute approximate surface area is 101 Å². The van der Waals surface area contributed by atoms with Gasteiger partial charge in [-0.1, -0.05) is 18.2 Å². The fourth-order valence-corrected chi connectivity index (χ4v) is 2.85. The van der Waals surface area contributed by atoms with Crippen LogP contribution in [0.1, 0.15) is 43.8 Å². The number of fused-ring (bicyclic) bond motifs is 1. The molecule has 1 N–H and O–H groups in total. The van der Waals surface area contributed by atoms with E-state index in [4.69, 9.17) is 14.6 Å². The molecule has 2 aliphatic rings. The van der Waals surface area contributed by atoms with Crippen molar-refractivity contribution in [2.24, 2.45) is 0 Å². The van der Waals surface area contributed by atoms with Crippen molar-refractivity contribution >= 4 is 0 Å². The molecule has 0 bridgehead atoms. The van der Waals surface area contributed by atoms with Crippen molar-refractivity contribution in [2.75, 3.05) is 6.61 Å². The molecule has 1 aliphatic carbocycles. The molecule has 0 aromatic heterocycles. The number of hydrogen-bond acceptors (Lipinski definition) is 3. The normalized spacial score (nSPS) is 25.6. The van der Waals surface area contributed by atoms with Gasteiger partial charge in [-0.15, -0.1) is 0 Å². The van der Waals surface area contributed by atoms with E-state index >= 15 is 0 Å². The lowest BCUT2D eigenvalue weighted by atomic mass is 10.0. The second-order valence-electron chi connectivity index (χ2n) is 4.88. The molecule has 1 heterocycles. The molecule has 92 valence electrons. The Hall–Kier alpha value is -1.06. The summed E-state index contributed by atoms with van der Waals surface area (Å²) in [6.07, 6.45) is 4.86. The maximum Gasteiger partial charge on any atom is 0.211 e. The molecule has 0 saturated heterocycles. The minimum atomic E-state index is -0.422. The van der Waals surface area contributed by atoms with E-state index in [1.807, 2.05) is 24.3 Å². The number of benzene rings is 1. The molecule has 3 heteroatoms. The highest BCUT2D eigenvalue weighted by Crippen LogP contribution is 2.46. The molecule has 17 heavy (non-hydrogen) atoms. The molecule has 1 saturated carbocycles. The fraction of sp³-hybridized carbons (Fsp3) is 0.571. The van der Waals surface area contributed by atoms with E-state index in [0.717, 1.165) is 37.0 Å². The SMILES string of the molecule is OCCC1OC2(CCCC2)Oc2ccccc21. The lowest BCUT2D eigenvalue weighted by Gasteiger charge is -2.40. The van der Waals surface area contributed by atoms with Crippen LogP contribution in [0.15, 0.2) is 24.3 Å². The van der Waals surface area contributed by atoms with E-state index < -0.39 is 5.79 Å². The summed E-state index contributed by atoms with van der Waals surface area (Å²) in [6, 6.07) is 8.01.